The van der Waals surface area contributed by atoms with Crippen LogP contribution in [-0.2, 0) is 17.6 Å². The number of aryl methyl sites for hydroxylation is 1. The van der Waals surface area contributed by atoms with Crippen molar-refractivity contribution in [2.24, 2.45) is 5.92 Å². The molecular weight excluding hydrogens is 523 g/mol. The molecule has 0 saturated heterocycles. The van der Waals surface area contributed by atoms with Gasteiger partial charge in [-0.3, -0.25) is 19.5 Å². The fourth-order valence-electron chi connectivity index (χ4n) is 4.54. The Kier molecular flexibility index (Phi) is 6.62. The second-order valence-corrected chi connectivity index (χ2v) is 11.8. The Morgan fingerprint density at radius 2 is 1.86 bits per heavy atom. The molecule has 0 fully saturated rings. The predicted molar refractivity (Wildman–Crippen MR) is 151 cm³/mol. The molecule has 0 aliphatic heterocycles. The van der Waals surface area contributed by atoms with E-state index in [0.717, 1.165) is 57.8 Å². The van der Waals surface area contributed by atoms with Crippen LogP contribution in [0.1, 0.15) is 23.8 Å². The average Bonchev–Trinajstić information content (AvgIpc) is 3.52. The van der Waals surface area contributed by atoms with Crippen LogP contribution in [0.25, 0.3) is 27.3 Å². The Morgan fingerprint density at radius 3 is 2.65 bits per heavy atom. The normalized spacial score (nSPS) is 15.0. The number of thioether (sulfide) groups is 1. The van der Waals surface area contributed by atoms with Crippen LogP contribution in [0.2, 0.25) is 0 Å². The van der Waals surface area contributed by atoms with Crippen LogP contribution < -0.4 is 10.9 Å². The third kappa shape index (κ3) is 4.84. The first-order valence-corrected chi connectivity index (χ1v) is 14.6. The zero-order chi connectivity index (χ0) is 25.4. The summed E-state index contributed by atoms with van der Waals surface area (Å²) < 4.78 is 5.99. The van der Waals surface area contributed by atoms with Gasteiger partial charge in [-0.05, 0) is 42.9 Å². The van der Waals surface area contributed by atoms with E-state index in [1.165, 1.54) is 16.6 Å². The predicted octanol–water partition coefficient (Wildman–Crippen LogP) is 5.82. The number of aromatic nitrogens is 4. The molecule has 0 spiro atoms. The van der Waals surface area contributed by atoms with Gasteiger partial charge in [0, 0.05) is 22.0 Å². The summed E-state index contributed by atoms with van der Waals surface area (Å²) in [5, 5.41) is 4.50. The summed E-state index contributed by atoms with van der Waals surface area (Å²) >= 11 is 4.01. The van der Waals surface area contributed by atoms with Crippen molar-refractivity contribution >= 4 is 55.9 Å². The maximum Gasteiger partial charge on any atom is 0.267 e. The van der Waals surface area contributed by atoms with E-state index in [1.807, 2.05) is 60.7 Å². The quantitative estimate of drug-likeness (QED) is 0.214. The number of hydrogen-bond acceptors (Lipinski definition) is 8. The highest BCUT2D eigenvalue weighted by Gasteiger charge is 2.25. The van der Waals surface area contributed by atoms with E-state index in [0.29, 0.717) is 22.0 Å². The van der Waals surface area contributed by atoms with E-state index in [2.05, 4.69) is 21.6 Å². The molecule has 3 aromatic heterocycles. The second kappa shape index (κ2) is 10.2. The van der Waals surface area contributed by atoms with E-state index >= 15 is 0 Å². The molecule has 0 unspecified atom stereocenters. The number of benzene rings is 2. The van der Waals surface area contributed by atoms with Crippen LogP contribution in [0, 0.1) is 5.92 Å². The number of amides is 1. The summed E-state index contributed by atoms with van der Waals surface area (Å²) in [6.45, 7) is 2.25. The number of anilines is 1. The molecule has 6 rings (SSSR count). The lowest BCUT2D eigenvalue weighted by Gasteiger charge is -2.17. The molecule has 1 aliphatic rings. The molecule has 1 amide bonds. The summed E-state index contributed by atoms with van der Waals surface area (Å²) in [6, 6.07) is 19.1. The van der Waals surface area contributed by atoms with Gasteiger partial charge in [0.05, 0.1) is 16.8 Å². The van der Waals surface area contributed by atoms with Gasteiger partial charge in [0.2, 0.25) is 11.0 Å². The van der Waals surface area contributed by atoms with Gasteiger partial charge >= 0.3 is 0 Å². The van der Waals surface area contributed by atoms with Gasteiger partial charge in [-0.1, -0.05) is 67.2 Å². The van der Waals surface area contributed by atoms with Gasteiger partial charge in [-0.2, -0.15) is 9.36 Å². The fourth-order valence-corrected chi connectivity index (χ4v) is 7.38. The highest BCUT2D eigenvalue weighted by molar-refractivity contribution is 7.99. The zero-order valence-corrected chi connectivity index (χ0v) is 22.5. The Labute approximate surface area is 225 Å². The fraction of sp³-hybridized carbons (Fsp3) is 0.222. The van der Waals surface area contributed by atoms with Gasteiger partial charge < -0.3 is 0 Å². The molecule has 2 aromatic carbocycles. The minimum Gasteiger partial charge on any atom is -0.300 e. The van der Waals surface area contributed by atoms with Crippen molar-refractivity contribution in [3.8, 4) is 17.1 Å². The van der Waals surface area contributed by atoms with Gasteiger partial charge in [0.1, 0.15) is 4.83 Å². The van der Waals surface area contributed by atoms with Crippen molar-refractivity contribution in [3.05, 3.63) is 81.5 Å². The molecule has 1 atom stereocenters. The van der Waals surface area contributed by atoms with Crippen molar-refractivity contribution < 1.29 is 4.79 Å². The molecule has 0 bridgehead atoms. The maximum absolute atomic E-state index is 13.8. The van der Waals surface area contributed by atoms with E-state index in [-0.39, 0.29) is 17.2 Å². The summed E-state index contributed by atoms with van der Waals surface area (Å²) in [5.41, 5.74) is 2.72. The van der Waals surface area contributed by atoms with Gasteiger partial charge in [-0.15, -0.1) is 11.3 Å². The van der Waals surface area contributed by atoms with Crippen molar-refractivity contribution in [1.29, 1.82) is 0 Å². The standard InChI is InChI=1S/C27H23N5O2S3/c1-16-12-13-19-20(14-16)36-24-22(19)25(34)32(18-10-6-3-7-11-18)27(30-24)35-15-21(33)28-26-29-23(31-37-26)17-8-4-2-5-9-17/h2-11,16H,12-15H2,1H3,(H,28,29,31,33)/t16-/m1/s1. The summed E-state index contributed by atoms with van der Waals surface area (Å²) in [4.78, 5) is 38.0. The minimum absolute atomic E-state index is 0.0669. The third-order valence-corrected chi connectivity index (χ3v) is 9.07. The highest BCUT2D eigenvalue weighted by atomic mass is 32.2. The monoisotopic (exact) mass is 545 g/mol. The van der Waals surface area contributed by atoms with Gasteiger partial charge in [0.15, 0.2) is 11.0 Å². The molecule has 5 aromatic rings. The average molecular weight is 546 g/mol. The first-order chi connectivity index (χ1) is 18.1. The topological polar surface area (TPSA) is 89.8 Å². The Morgan fingerprint density at radius 1 is 1.11 bits per heavy atom. The van der Waals surface area contributed by atoms with Gasteiger partial charge in [-0.25, -0.2) is 4.98 Å². The second-order valence-electron chi connectivity index (χ2n) is 9.03. The molecule has 0 radical (unpaired) electrons. The van der Waals surface area contributed by atoms with Crippen molar-refractivity contribution in [3.63, 3.8) is 0 Å². The molecule has 0 saturated carbocycles. The molecule has 1 N–H and O–H groups in total. The highest BCUT2D eigenvalue weighted by Crippen LogP contribution is 2.37. The number of nitrogens with zero attached hydrogens (tertiary/aromatic N) is 4. The van der Waals surface area contributed by atoms with Crippen LogP contribution in [0.4, 0.5) is 5.13 Å². The minimum atomic E-state index is -0.228. The SMILES string of the molecule is C[C@@H]1CCc2c(sc3nc(SCC(=O)Nc4nc(-c5ccccc5)ns4)n(-c4ccccc4)c(=O)c23)C1. The number of hydrogen-bond donors (Lipinski definition) is 1. The lowest BCUT2D eigenvalue weighted by Crippen LogP contribution is -2.23. The molecule has 1 aliphatic carbocycles. The number of carbonyl (C=O) groups excluding carboxylic acids is 1. The number of thiophene rings is 1. The lowest BCUT2D eigenvalue weighted by atomic mass is 9.89. The van der Waals surface area contributed by atoms with E-state index in [9.17, 15) is 9.59 Å². The number of carbonyl (C=O) groups is 1. The van der Waals surface area contributed by atoms with Crippen LogP contribution in [0.3, 0.4) is 0 Å². The third-order valence-electron chi connectivity index (χ3n) is 6.35. The van der Waals surface area contributed by atoms with E-state index in [4.69, 9.17) is 4.98 Å². The number of rotatable bonds is 6. The molecule has 10 heteroatoms. The van der Waals surface area contributed by atoms with Crippen LogP contribution >= 0.6 is 34.6 Å². The largest absolute Gasteiger partial charge is 0.300 e. The van der Waals surface area contributed by atoms with Crippen LogP contribution in [0.15, 0.2) is 70.6 Å². The number of nitrogens with one attached hydrogen (secondary N) is 1. The summed E-state index contributed by atoms with van der Waals surface area (Å²) in [5.74, 6) is 1.05. The van der Waals surface area contributed by atoms with Crippen LogP contribution in [-0.4, -0.2) is 30.6 Å². The van der Waals surface area contributed by atoms with Crippen molar-refractivity contribution in [1.82, 2.24) is 18.9 Å². The Hall–Kier alpha value is -3.34. The smallest absolute Gasteiger partial charge is 0.267 e. The van der Waals surface area contributed by atoms with Gasteiger partial charge in [0.25, 0.3) is 5.56 Å². The number of fused-ring (bicyclic) bond motifs is 3. The molecule has 7 nitrogen and oxygen atoms in total. The van der Waals surface area contributed by atoms with Crippen molar-refractivity contribution in [2.45, 2.75) is 31.3 Å². The van der Waals surface area contributed by atoms with Crippen LogP contribution in [0.5, 0.6) is 0 Å². The Bertz CT molecular complexity index is 1640. The maximum atomic E-state index is 13.8. The molecular formula is C27H23N5O2S3. The summed E-state index contributed by atoms with van der Waals surface area (Å²) in [6.07, 6.45) is 2.97. The first kappa shape index (κ1) is 24.0. The molecule has 37 heavy (non-hydrogen) atoms. The number of para-hydroxylation sites is 1. The zero-order valence-electron chi connectivity index (χ0n) is 20.0. The summed E-state index contributed by atoms with van der Waals surface area (Å²) in [7, 11) is 0. The van der Waals surface area contributed by atoms with E-state index in [1.54, 1.807) is 15.9 Å². The Balaban J connectivity index is 1.28. The first-order valence-electron chi connectivity index (χ1n) is 12.0. The lowest BCUT2D eigenvalue weighted by molar-refractivity contribution is -0.113. The van der Waals surface area contributed by atoms with E-state index < -0.39 is 0 Å². The molecule has 3 heterocycles. The van der Waals surface area contributed by atoms with Crippen molar-refractivity contribution in [2.75, 3.05) is 11.1 Å². The molecule has 186 valence electrons.